The van der Waals surface area contributed by atoms with Gasteiger partial charge in [-0.05, 0) is 67.3 Å². The summed E-state index contributed by atoms with van der Waals surface area (Å²) in [6.07, 6.45) is 2.91. The smallest absolute Gasteiger partial charge is 0.251 e. The fraction of sp³-hybridized carbons (Fsp3) is 0.240. The van der Waals surface area contributed by atoms with Crippen molar-refractivity contribution < 1.29 is 13.2 Å². The highest BCUT2D eigenvalue weighted by atomic mass is 35.5. The number of anilines is 1. The molecule has 0 heterocycles. The summed E-state index contributed by atoms with van der Waals surface area (Å²) in [5, 5.41) is 3.52. The van der Waals surface area contributed by atoms with Crippen molar-refractivity contribution in [2.75, 3.05) is 17.1 Å². The molecule has 1 amide bonds. The van der Waals surface area contributed by atoms with Crippen molar-refractivity contribution in [2.24, 2.45) is 0 Å². The van der Waals surface area contributed by atoms with E-state index in [1.807, 2.05) is 6.07 Å². The van der Waals surface area contributed by atoms with Gasteiger partial charge >= 0.3 is 0 Å². The molecule has 0 aliphatic rings. The minimum absolute atomic E-state index is 0.176. The van der Waals surface area contributed by atoms with E-state index < -0.39 is 10.0 Å². The van der Waals surface area contributed by atoms with Crippen molar-refractivity contribution in [1.29, 1.82) is 0 Å². The Morgan fingerprint density at radius 1 is 0.969 bits per heavy atom. The molecule has 0 aliphatic carbocycles. The number of carbonyl (C=O) groups excluding carboxylic acids is 1. The summed E-state index contributed by atoms with van der Waals surface area (Å²) < 4.78 is 26.0. The van der Waals surface area contributed by atoms with Gasteiger partial charge in [0.2, 0.25) is 10.0 Å². The average molecular weight is 471 g/mol. The molecule has 0 fully saturated rings. The molecule has 1 N–H and O–H groups in total. The van der Waals surface area contributed by atoms with E-state index in [1.54, 1.807) is 48.5 Å². The van der Waals surface area contributed by atoms with Crippen LogP contribution in [-0.2, 0) is 23.0 Å². The van der Waals surface area contributed by atoms with Crippen molar-refractivity contribution in [3.63, 3.8) is 0 Å². The lowest BCUT2D eigenvalue weighted by Crippen LogP contribution is -2.29. The topological polar surface area (TPSA) is 66.5 Å². The zero-order chi connectivity index (χ0) is 23.1. The molecule has 3 aromatic rings. The maximum atomic E-state index is 12.5. The highest BCUT2D eigenvalue weighted by Crippen LogP contribution is 2.22. The van der Waals surface area contributed by atoms with Crippen LogP contribution < -0.4 is 9.62 Å². The molecule has 0 saturated carbocycles. The molecule has 0 atom stereocenters. The molecular weight excluding hydrogens is 444 g/mol. The quantitative estimate of drug-likeness (QED) is 0.448. The van der Waals surface area contributed by atoms with E-state index in [0.29, 0.717) is 22.8 Å². The van der Waals surface area contributed by atoms with E-state index >= 15 is 0 Å². The van der Waals surface area contributed by atoms with Crippen LogP contribution in [0.15, 0.2) is 72.8 Å². The van der Waals surface area contributed by atoms with Crippen LogP contribution in [0.25, 0.3) is 0 Å². The Balaban J connectivity index is 1.60. The lowest BCUT2D eigenvalue weighted by atomic mass is 10.1. The Morgan fingerprint density at radius 2 is 1.66 bits per heavy atom. The number of halogens is 1. The number of aryl methyl sites for hydroxylation is 2. The molecule has 0 saturated heterocycles. The summed E-state index contributed by atoms with van der Waals surface area (Å²) in [5.41, 5.74) is 4.29. The van der Waals surface area contributed by atoms with Gasteiger partial charge in [0.15, 0.2) is 0 Å². The minimum atomic E-state index is -3.51. The number of rotatable bonds is 9. The van der Waals surface area contributed by atoms with E-state index in [2.05, 4.69) is 30.4 Å². The molecule has 168 valence electrons. The van der Waals surface area contributed by atoms with Crippen LogP contribution in [0, 0.1) is 6.92 Å². The fourth-order valence-electron chi connectivity index (χ4n) is 3.40. The molecule has 0 bridgehead atoms. The monoisotopic (exact) mass is 470 g/mol. The van der Waals surface area contributed by atoms with Gasteiger partial charge < -0.3 is 5.32 Å². The molecule has 3 rings (SSSR count). The molecule has 0 aliphatic heterocycles. The third kappa shape index (κ3) is 6.84. The van der Waals surface area contributed by atoms with Crippen molar-refractivity contribution in [2.45, 2.75) is 26.3 Å². The molecule has 0 unspecified atom stereocenters. The highest BCUT2D eigenvalue weighted by Gasteiger charge is 2.18. The minimum Gasteiger partial charge on any atom is -0.352 e. The third-order valence-corrected chi connectivity index (χ3v) is 6.46. The zero-order valence-electron chi connectivity index (χ0n) is 18.2. The molecule has 32 heavy (non-hydrogen) atoms. The summed E-state index contributed by atoms with van der Waals surface area (Å²) in [7, 11) is -3.51. The number of carbonyl (C=O) groups is 1. The Kier molecular flexibility index (Phi) is 7.94. The molecule has 0 spiro atoms. The number of amides is 1. The van der Waals surface area contributed by atoms with Crippen LogP contribution in [0.1, 0.15) is 33.5 Å². The second-order valence-corrected chi connectivity index (χ2v) is 10.1. The fourth-order valence-corrected chi connectivity index (χ4v) is 4.41. The van der Waals surface area contributed by atoms with Crippen LogP contribution >= 0.6 is 11.6 Å². The number of nitrogens with zero attached hydrogens (tertiary/aromatic N) is 1. The van der Waals surface area contributed by atoms with Crippen LogP contribution in [0.4, 0.5) is 5.69 Å². The third-order valence-electron chi connectivity index (χ3n) is 5.07. The van der Waals surface area contributed by atoms with Gasteiger partial charge in [-0.3, -0.25) is 9.10 Å². The summed E-state index contributed by atoms with van der Waals surface area (Å²) in [6.45, 7) is 2.82. The summed E-state index contributed by atoms with van der Waals surface area (Å²) in [4.78, 5) is 12.5. The van der Waals surface area contributed by atoms with Crippen LogP contribution in [0.2, 0.25) is 5.02 Å². The lowest BCUT2D eigenvalue weighted by molar-refractivity contribution is 0.0953. The number of benzene rings is 3. The second kappa shape index (κ2) is 10.7. The lowest BCUT2D eigenvalue weighted by Gasteiger charge is -2.23. The summed E-state index contributed by atoms with van der Waals surface area (Å²) in [6, 6.07) is 22.0. The predicted molar refractivity (Wildman–Crippen MR) is 131 cm³/mol. The van der Waals surface area contributed by atoms with Crippen LogP contribution in [0.5, 0.6) is 0 Å². The van der Waals surface area contributed by atoms with Gasteiger partial charge in [0.1, 0.15) is 0 Å². The SMILES string of the molecule is Cc1cccc(CCCNC(=O)c2ccc(N(Cc3ccc(Cl)cc3)S(C)(=O)=O)cc2)c1. The van der Waals surface area contributed by atoms with Gasteiger partial charge in [-0.1, -0.05) is 53.6 Å². The molecule has 3 aromatic carbocycles. The highest BCUT2D eigenvalue weighted by molar-refractivity contribution is 7.92. The standard InChI is InChI=1S/C25H27ClN2O3S/c1-19-5-3-6-20(17-19)7-4-16-27-25(29)22-10-14-24(15-11-22)28(32(2,30)31)18-21-8-12-23(26)13-9-21/h3,5-6,8-15,17H,4,7,16,18H2,1-2H3,(H,27,29). The maximum absolute atomic E-state index is 12.5. The van der Waals surface area contributed by atoms with Crippen molar-refractivity contribution >= 4 is 33.2 Å². The summed E-state index contributed by atoms with van der Waals surface area (Å²) >= 11 is 5.92. The van der Waals surface area contributed by atoms with Gasteiger partial charge in [-0.15, -0.1) is 0 Å². The Labute approximate surface area is 195 Å². The molecular formula is C25H27ClN2O3S. The first-order chi connectivity index (χ1) is 15.2. The maximum Gasteiger partial charge on any atom is 0.251 e. The largest absolute Gasteiger partial charge is 0.352 e. The van der Waals surface area contributed by atoms with E-state index in [4.69, 9.17) is 11.6 Å². The first-order valence-electron chi connectivity index (χ1n) is 10.4. The first kappa shape index (κ1) is 23.8. The second-order valence-electron chi connectivity index (χ2n) is 7.79. The summed E-state index contributed by atoms with van der Waals surface area (Å²) in [5.74, 6) is -0.176. The molecule has 0 radical (unpaired) electrons. The Hall–Kier alpha value is -2.83. The first-order valence-corrected chi connectivity index (χ1v) is 12.6. The van der Waals surface area contributed by atoms with Crippen LogP contribution in [0.3, 0.4) is 0 Å². The van der Waals surface area contributed by atoms with E-state index in [9.17, 15) is 13.2 Å². The van der Waals surface area contributed by atoms with Crippen molar-refractivity contribution in [3.8, 4) is 0 Å². The average Bonchev–Trinajstić information content (AvgIpc) is 2.75. The number of nitrogens with one attached hydrogen (secondary N) is 1. The Morgan fingerprint density at radius 3 is 2.28 bits per heavy atom. The van der Waals surface area contributed by atoms with E-state index in [0.717, 1.165) is 24.7 Å². The zero-order valence-corrected chi connectivity index (χ0v) is 19.8. The molecule has 5 nitrogen and oxygen atoms in total. The van der Waals surface area contributed by atoms with Gasteiger partial charge in [0.25, 0.3) is 5.91 Å². The van der Waals surface area contributed by atoms with Crippen molar-refractivity contribution in [1.82, 2.24) is 5.32 Å². The molecule has 0 aromatic heterocycles. The number of hydrogen-bond donors (Lipinski definition) is 1. The number of hydrogen-bond acceptors (Lipinski definition) is 3. The normalized spacial score (nSPS) is 11.2. The van der Waals surface area contributed by atoms with Gasteiger partial charge in [0.05, 0.1) is 18.5 Å². The predicted octanol–water partition coefficient (Wildman–Crippen LogP) is 4.98. The van der Waals surface area contributed by atoms with Gasteiger partial charge in [-0.2, -0.15) is 0 Å². The molecule has 7 heteroatoms. The Bertz CT molecular complexity index is 1160. The van der Waals surface area contributed by atoms with E-state index in [-0.39, 0.29) is 12.5 Å². The van der Waals surface area contributed by atoms with E-state index in [1.165, 1.54) is 15.4 Å². The van der Waals surface area contributed by atoms with Crippen molar-refractivity contribution in [3.05, 3.63) is 100 Å². The van der Waals surface area contributed by atoms with Gasteiger partial charge in [0, 0.05) is 17.1 Å². The van der Waals surface area contributed by atoms with Gasteiger partial charge in [-0.25, -0.2) is 8.42 Å². The number of sulfonamides is 1. The van der Waals surface area contributed by atoms with Crippen LogP contribution in [-0.4, -0.2) is 27.1 Å².